The number of nitrogens with zero attached hydrogens (tertiary/aromatic N) is 2. The molecule has 0 radical (unpaired) electrons. The lowest BCUT2D eigenvalue weighted by Gasteiger charge is -2.12. The van der Waals surface area contributed by atoms with Gasteiger partial charge >= 0.3 is 0 Å². The third-order valence-electron chi connectivity index (χ3n) is 4.00. The van der Waals surface area contributed by atoms with Crippen molar-refractivity contribution >= 4 is 39.1 Å². The topological polar surface area (TPSA) is 80.9 Å². The SMILES string of the molecule is NC(=O)c1cccc2c1nc(Nc1ccc(F)cc1)c1ccncc12. The summed E-state index contributed by atoms with van der Waals surface area (Å²) < 4.78 is 13.1. The first-order valence-corrected chi connectivity index (χ1v) is 7.62. The number of hydrogen-bond acceptors (Lipinski definition) is 4. The lowest BCUT2D eigenvalue weighted by Crippen LogP contribution is -2.12. The van der Waals surface area contributed by atoms with Gasteiger partial charge in [0.1, 0.15) is 11.6 Å². The number of hydrogen-bond donors (Lipinski definition) is 2. The van der Waals surface area contributed by atoms with E-state index < -0.39 is 5.91 Å². The Morgan fingerprint density at radius 1 is 1.00 bits per heavy atom. The largest absolute Gasteiger partial charge is 0.366 e. The van der Waals surface area contributed by atoms with Crippen LogP contribution in [-0.2, 0) is 0 Å². The molecule has 0 aliphatic carbocycles. The van der Waals surface area contributed by atoms with Crippen LogP contribution in [0.15, 0.2) is 60.9 Å². The minimum atomic E-state index is -0.547. The van der Waals surface area contributed by atoms with E-state index in [9.17, 15) is 9.18 Å². The molecule has 0 aliphatic rings. The van der Waals surface area contributed by atoms with E-state index in [1.54, 1.807) is 36.7 Å². The number of anilines is 2. The van der Waals surface area contributed by atoms with E-state index in [1.807, 2.05) is 12.1 Å². The van der Waals surface area contributed by atoms with Crippen molar-refractivity contribution in [3.05, 3.63) is 72.3 Å². The van der Waals surface area contributed by atoms with Gasteiger partial charge in [-0.2, -0.15) is 0 Å². The van der Waals surface area contributed by atoms with E-state index in [2.05, 4.69) is 15.3 Å². The Kier molecular flexibility index (Phi) is 3.50. The number of amides is 1. The Labute approximate surface area is 142 Å². The Morgan fingerprint density at radius 3 is 2.56 bits per heavy atom. The van der Waals surface area contributed by atoms with Crippen LogP contribution in [0.1, 0.15) is 10.4 Å². The number of carbonyl (C=O) groups excluding carboxylic acids is 1. The van der Waals surface area contributed by atoms with Crippen molar-refractivity contribution < 1.29 is 9.18 Å². The predicted molar refractivity (Wildman–Crippen MR) is 95.2 cm³/mol. The van der Waals surface area contributed by atoms with Crippen molar-refractivity contribution in [3.63, 3.8) is 0 Å². The van der Waals surface area contributed by atoms with Gasteiger partial charge in [-0.3, -0.25) is 9.78 Å². The van der Waals surface area contributed by atoms with Gasteiger partial charge in [-0.1, -0.05) is 12.1 Å². The molecule has 2 aromatic heterocycles. The number of carbonyl (C=O) groups is 1. The summed E-state index contributed by atoms with van der Waals surface area (Å²) in [5.41, 5.74) is 7.01. The predicted octanol–water partition coefficient (Wildman–Crippen LogP) is 3.76. The molecule has 6 heteroatoms. The molecule has 0 unspecified atom stereocenters. The molecular weight excluding hydrogens is 319 g/mol. The summed E-state index contributed by atoms with van der Waals surface area (Å²) >= 11 is 0. The Balaban J connectivity index is 1.99. The summed E-state index contributed by atoms with van der Waals surface area (Å²) in [6.45, 7) is 0. The second-order valence-corrected chi connectivity index (χ2v) is 5.58. The van der Waals surface area contributed by atoms with E-state index >= 15 is 0 Å². The normalized spacial score (nSPS) is 10.9. The van der Waals surface area contributed by atoms with E-state index in [-0.39, 0.29) is 5.82 Å². The number of nitrogens with two attached hydrogens (primary N) is 1. The van der Waals surface area contributed by atoms with Gasteiger partial charge < -0.3 is 11.1 Å². The zero-order valence-electron chi connectivity index (χ0n) is 13.0. The maximum absolute atomic E-state index is 13.1. The summed E-state index contributed by atoms with van der Waals surface area (Å²) in [4.78, 5) is 20.5. The first kappa shape index (κ1) is 15.0. The molecule has 0 atom stereocenters. The van der Waals surface area contributed by atoms with Gasteiger partial charge in [0.05, 0.1) is 11.1 Å². The summed E-state index contributed by atoms with van der Waals surface area (Å²) in [6, 6.07) is 13.1. The Bertz CT molecular complexity index is 1110. The van der Waals surface area contributed by atoms with E-state index in [4.69, 9.17) is 5.73 Å². The van der Waals surface area contributed by atoms with Crippen LogP contribution in [0.2, 0.25) is 0 Å². The maximum Gasteiger partial charge on any atom is 0.250 e. The van der Waals surface area contributed by atoms with Crippen LogP contribution in [0.4, 0.5) is 15.9 Å². The van der Waals surface area contributed by atoms with Gasteiger partial charge in [-0.15, -0.1) is 0 Å². The molecule has 5 nitrogen and oxygen atoms in total. The standard InChI is InChI=1S/C19H13FN4O/c20-11-4-6-12(7-5-11)23-19-14-8-9-22-10-16(14)13-2-1-3-15(18(21)25)17(13)24-19/h1-10H,(H2,21,25)(H,23,24). The fraction of sp³-hybridized carbons (Fsp3) is 0. The number of fused-ring (bicyclic) bond motifs is 3. The molecule has 0 spiro atoms. The van der Waals surface area contributed by atoms with Crippen LogP contribution >= 0.6 is 0 Å². The highest BCUT2D eigenvalue weighted by molar-refractivity contribution is 6.15. The Hall–Kier alpha value is -3.54. The number of rotatable bonds is 3. The van der Waals surface area contributed by atoms with E-state index in [1.165, 1.54) is 12.1 Å². The lowest BCUT2D eigenvalue weighted by atomic mass is 10.0. The van der Waals surface area contributed by atoms with Crippen LogP contribution < -0.4 is 11.1 Å². The van der Waals surface area contributed by atoms with Gasteiger partial charge in [-0.05, 0) is 36.4 Å². The number of halogens is 1. The third-order valence-corrected chi connectivity index (χ3v) is 4.00. The highest BCUT2D eigenvalue weighted by Crippen LogP contribution is 2.31. The van der Waals surface area contributed by atoms with E-state index in [0.29, 0.717) is 22.6 Å². The zero-order valence-corrected chi connectivity index (χ0v) is 13.0. The fourth-order valence-corrected chi connectivity index (χ4v) is 2.83. The molecule has 0 fully saturated rings. The van der Waals surface area contributed by atoms with Crippen molar-refractivity contribution in [2.45, 2.75) is 0 Å². The number of aromatic nitrogens is 2. The van der Waals surface area contributed by atoms with Crippen LogP contribution in [0.3, 0.4) is 0 Å². The van der Waals surface area contributed by atoms with Gasteiger partial charge in [0.2, 0.25) is 0 Å². The molecule has 0 aliphatic heterocycles. The summed E-state index contributed by atoms with van der Waals surface area (Å²) in [7, 11) is 0. The monoisotopic (exact) mass is 332 g/mol. The summed E-state index contributed by atoms with van der Waals surface area (Å²) in [6.07, 6.45) is 3.39. The van der Waals surface area contributed by atoms with Crippen molar-refractivity contribution in [1.29, 1.82) is 0 Å². The molecule has 4 rings (SSSR count). The van der Waals surface area contributed by atoms with Crippen molar-refractivity contribution in [1.82, 2.24) is 9.97 Å². The first-order chi connectivity index (χ1) is 12.1. The van der Waals surface area contributed by atoms with Crippen molar-refractivity contribution in [2.24, 2.45) is 5.73 Å². The smallest absolute Gasteiger partial charge is 0.250 e. The van der Waals surface area contributed by atoms with Crippen LogP contribution in [0.25, 0.3) is 21.7 Å². The average molecular weight is 332 g/mol. The quantitative estimate of drug-likeness (QED) is 0.560. The fourth-order valence-electron chi connectivity index (χ4n) is 2.83. The summed E-state index contributed by atoms with van der Waals surface area (Å²) in [5.74, 6) is -0.318. The molecule has 25 heavy (non-hydrogen) atoms. The number of nitrogens with one attached hydrogen (secondary N) is 1. The third kappa shape index (κ3) is 2.63. The van der Waals surface area contributed by atoms with Gasteiger partial charge in [-0.25, -0.2) is 9.37 Å². The van der Waals surface area contributed by atoms with Gasteiger partial charge in [0.25, 0.3) is 5.91 Å². The molecule has 122 valence electrons. The van der Waals surface area contributed by atoms with Crippen molar-refractivity contribution in [3.8, 4) is 0 Å². The van der Waals surface area contributed by atoms with Crippen LogP contribution in [-0.4, -0.2) is 15.9 Å². The molecule has 0 saturated carbocycles. The maximum atomic E-state index is 13.1. The highest BCUT2D eigenvalue weighted by atomic mass is 19.1. The lowest BCUT2D eigenvalue weighted by molar-refractivity contribution is 0.100. The first-order valence-electron chi connectivity index (χ1n) is 7.62. The molecule has 0 bridgehead atoms. The molecule has 2 aromatic carbocycles. The molecule has 3 N–H and O–H groups in total. The molecule has 2 heterocycles. The molecule has 1 amide bonds. The van der Waals surface area contributed by atoms with Gasteiger partial charge in [0.15, 0.2) is 0 Å². The number of primary amides is 1. The summed E-state index contributed by atoms with van der Waals surface area (Å²) in [5, 5.41) is 5.66. The molecule has 0 saturated heterocycles. The van der Waals surface area contributed by atoms with Crippen LogP contribution in [0, 0.1) is 5.82 Å². The molecule has 4 aromatic rings. The Morgan fingerprint density at radius 2 is 1.80 bits per heavy atom. The van der Waals surface area contributed by atoms with Crippen LogP contribution in [0.5, 0.6) is 0 Å². The number of pyridine rings is 2. The average Bonchev–Trinajstić information content (AvgIpc) is 2.63. The van der Waals surface area contributed by atoms with Gasteiger partial charge in [0, 0.05) is 34.2 Å². The molecular formula is C19H13FN4O. The van der Waals surface area contributed by atoms with E-state index in [0.717, 1.165) is 16.2 Å². The second-order valence-electron chi connectivity index (χ2n) is 5.58. The highest BCUT2D eigenvalue weighted by Gasteiger charge is 2.14. The number of benzene rings is 2. The number of para-hydroxylation sites is 1. The van der Waals surface area contributed by atoms with Crippen molar-refractivity contribution in [2.75, 3.05) is 5.32 Å². The minimum Gasteiger partial charge on any atom is -0.366 e. The second kappa shape index (κ2) is 5.83. The minimum absolute atomic E-state index is 0.318. The zero-order chi connectivity index (χ0) is 17.4.